The van der Waals surface area contributed by atoms with E-state index in [0.29, 0.717) is 10.6 Å². The highest BCUT2D eigenvalue weighted by Crippen LogP contribution is 2.26. The molecular formula is C15H15BrClNOS. The van der Waals surface area contributed by atoms with E-state index in [2.05, 4.69) is 34.2 Å². The van der Waals surface area contributed by atoms with Crippen molar-refractivity contribution in [2.24, 2.45) is 0 Å². The van der Waals surface area contributed by atoms with E-state index < -0.39 is 0 Å². The molecule has 106 valence electrons. The van der Waals surface area contributed by atoms with Gasteiger partial charge in [0.2, 0.25) is 0 Å². The molecule has 0 aliphatic heterocycles. The zero-order valence-electron chi connectivity index (χ0n) is 11.0. The Balaban J connectivity index is 2.13. The lowest BCUT2D eigenvalue weighted by atomic mass is 10.1. The molecule has 1 heterocycles. The van der Waals surface area contributed by atoms with Crippen LogP contribution in [0.3, 0.4) is 0 Å². The first kappa shape index (κ1) is 15.5. The Morgan fingerprint density at radius 1 is 1.45 bits per heavy atom. The fourth-order valence-electron chi connectivity index (χ4n) is 1.94. The van der Waals surface area contributed by atoms with E-state index >= 15 is 0 Å². The van der Waals surface area contributed by atoms with Crippen molar-refractivity contribution < 1.29 is 4.79 Å². The van der Waals surface area contributed by atoms with Gasteiger partial charge in [0.05, 0.1) is 11.1 Å². The number of amides is 1. The molecule has 1 amide bonds. The summed E-state index contributed by atoms with van der Waals surface area (Å²) in [5.74, 6) is -0.0914. The van der Waals surface area contributed by atoms with Crippen LogP contribution in [-0.4, -0.2) is 5.91 Å². The average molecular weight is 373 g/mol. The van der Waals surface area contributed by atoms with Crippen LogP contribution >= 0.6 is 38.9 Å². The van der Waals surface area contributed by atoms with Gasteiger partial charge in [-0.05, 0) is 52.0 Å². The molecule has 1 N–H and O–H groups in total. The second-order valence-electron chi connectivity index (χ2n) is 4.46. The van der Waals surface area contributed by atoms with Crippen LogP contribution < -0.4 is 5.32 Å². The Hall–Kier alpha value is -0.840. The first-order valence-electron chi connectivity index (χ1n) is 6.41. The molecular weight excluding hydrogens is 358 g/mol. The van der Waals surface area contributed by atoms with Gasteiger partial charge < -0.3 is 5.32 Å². The summed E-state index contributed by atoms with van der Waals surface area (Å²) in [6.07, 6.45) is 1.94. The summed E-state index contributed by atoms with van der Waals surface area (Å²) in [6, 6.07) is 9.36. The molecule has 0 saturated heterocycles. The molecule has 0 spiro atoms. The van der Waals surface area contributed by atoms with E-state index in [4.69, 9.17) is 11.6 Å². The normalized spacial score (nSPS) is 12.2. The Morgan fingerprint density at radius 2 is 2.25 bits per heavy atom. The maximum Gasteiger partial charge on any atom is 0.251 e. The number of carbonyl (C=O) groups excluding carboxylic acids is 1. The van der Waals surface area contributed by atoms with Crippen molar-refractivity contribution in [2.45, 2.75) is 25.8 Å². The van der Waals surface area contributed by atoms with Crippen LogP contribution in [0.2, 0.25) is 5.02 Å². The first-order chi connectivity index (χ1) is 9.61. The number of thiophene rings is 1. The van der Waals surface area contributed by atoms with E-state index in [9.17, 15) is 4.79 Å². The number of rotatable bonds is 5. The van der Waals surface area contributed by atoms with E-state index in [1.807, 2.05) is 11.4 Å². The summed E-state index contributed by atoms with van der Waals surface area (Å²) in [7, 11) is 0. The van der Waals surface area contributed by atoms with Crippen molar-refractivity contribution in [2.75, 3.05) is 0 Å². The summed E-state index contributed by atoms with van der Waals surface area (Å²) in [5, 5.41) is 5.65. The average Bonchev–Trinajstić information content (AvgIpc) is 2.95. The highest BCUT2D eigenvalue weighted by molar-refractivity contribution is 9.10. The predicted octanol–water partition coefficient (Wildman–Crippen LogP) is 5.44. The molecule has 2 nitrogen and oxygen atoms in total. The van der Waals surface area contributed by atoms with Gasteiger partial charge in [-0.1, -0.05) is 31.0 Å². The van der Waals surface area contributed by atoms with E-state index in [-0.39, 0.29) is 11.9 Å². The molecule has 0 bridgehead atoms. The Kier molecular flexibility index (Phi) is 5.64. The highest BCUT2D eigenvalue weighted by Gasteiger charge is 2.16. The van der Waals surface area contributed by atoms with Crippen molar-refractivity contribution >= 4 is 44.8 Å². The van der Waals surface area contributed by atoms with Crippen LogP contribution in [0.1, 0.15) is 41.0 Å². The van der Waals surface area contributed by atoms with Crippen LogP contribution in [0.15, 0.2) is 40.2 Å². The Morgan fingerprint density at radius 3 is 2.85 bits per heavy atom. The van der Waals surface area contributed by atoms with Crippen molar-refractivity contribution in [1.29, 1.82) is 0 Å². The standard InChI is InChI=1S/C15H15BrClNOS/c1-2-4-13(14-5-3-8-20-14)18-15(19)10-6-7-11(16)12(17)9-10/h3,5-9,13H,2,4H2,1H3,(H,18,19). The molecule has 0 saturated carbocycles. The second kappa shape index (κ2) is 7.25. The topological polar surface area (TPSA) is 29.1 Å². The van der Waals surface area contributed by atoms with Crippen LogP contribution in [-0.2, 0) is 0 Å². The Bertz CT molecular complexity index is 586. The molecule has 0 aliphatic rings. The van der Waals surface area contributed by atoms with Gasteiger partial charge in [0.15, 0.2) is 0 Å². The van der Waals surface area contributed by atoms with Crippen molar-refractivity contribution in [1.82, 2.24) is 5.32 Å². The van der Waals surface area contributed by atoms with Crippen LogP contribution in [0.4, 0.5) is 0 Å². The summed E-state index contributed by atoms with van der Waals surface area (Å²) >= 11 is 11.0. The van der Waals surface area contributed by atoms with Gasteiger partial charge in [-0.2, -0.15) is 0 Å². The van der Waals surface area contributed by atoms with Gasteiger partial charge in [-0.15, -0.1) is 11.3 Å². The summed E-state index contributed by atoms with van der Waals surface area (Å²) in [6.45, 7) is 2.11. The largest absolute Gasteiger partial charge is 0.344 e. The van der Waals surface area contributed by atoms with Gasteiger partial charge in [0.1, 0.15) is 0 Å². The van der Waals surface area contributed by atoms with Crippen molar-refractivity contribution in [3.8, 4) is 0 Å². The van der Waals surface area contributed by atoms with E-state index in [1.165, 1.54) is 4.88 Å². The van der Waals surface area contributed by atoms with Gasteiger partial charge in [0, 0.05) is 14.9 Å². The van der Waals surface area contributed by atoms with Gasteiger partial charge in [0.25, 0.3) is 5.91 Å². The monoisotopic (exact) mass is 371 g/mol. The molecule has 0 fully saturated rings. The zero-order chi connectivity index (χ0) is 14.5. The third-order valence-corrected chi connectivity index (χ3v) is 5.17. The third-order valence-electron chi connectivity index (χ3n) is 2.95. The summed E-state index contributed by atoms with van der Waals surface area (Å²) < 4.78 is 0.791. The van der Waals surface area contributed by atoms with Gasteiger partial charge in [-0.3, -0.25) is 4.79 Å². The smallest absolute Gasteiger partial charge is 0.251 e. The highest BCUT2D eigenvalue weighted by atomic mass is 79.9. The molecule has 0 aliphatic carbocycles. The van der Waals surface area contributed by atoms with Gasteiger partial charge >= 0.3 is 0 Å². The molecule has 1 aromatic heterocycles. The van der Waals surface area contributed by atoms with E-state index in [0.717, 1.165) is 17.3 Å². The molecule has 1 unspecified atom stereocenters. The summed E-state index contributed by atoms with van der Waals surface area (Å²) in [4.78, 5) is 13.5. The quantitative estimate of drug-likeness (QED) is 0.744. The number of benzene rings is 1. The number of hydrogen-bond acceptors (Lipinski definition) is 2. The minimum absolute atomic E-state index is 0.0647. The van der Waals surface area contributed by atoms with Crippen LogP contribution in [0, 0.1) is 0 Å². The van der Waals surface area contributed by atoms with Gasteiger partial charge in [-0.25, -0.2) is 0 Å². The molecule has 2 rings (SSSR count). The minimum atomic E-state index is -0.0914. The summed E-state index contributed by atoms with van der Waals surface area (Å²) in [5.41, 5.74) is 0.579. The van der Waals surface area contributed by atoms with Crippen LogP contribution in [0.5, 0.6) is 0 Å². The number of carbonyl (C=O) groups is 1. The lowest BCUT2D eigenvalue weighted by Crippen LogP contribution is -2.28. The third kappa shape index (κ3) is 3.84. The van der Waals surface area contributed by atoms with E-state index in [1.54, 1.807) is 29.5 Å². The van der Waals surface area contributed by atoms with Crippen molar-refractivity contribution in [3.05, 3.63) is 55.6 Å². The molecule has 20 heavy (non-hydrogen) atoms. The Labute approximate surface area is 136 Å². The molecule has 1 atom stereocenters. The SMILES string of the molecule is CCCC(NC(=O)c1ccc(Br)c(Cl)c1)c1cccs1. The fourth-order valence-corrected chi connectivity index (χ4v) is 3.18. The minimum Gasteiger partial charge on any atom is -0.344 e. The number of hydrogen-bond donors (Lipinski definition) is 1. The van der Waals surface area contributed by atoms with Crippen molar-refractivity contribution in [3.63, 3.8) is 0 Å². The maximum absolute atomic E-state index is 12.3. The zero-order valence-corrected chi connectivity index (χ0v) is 14.2. The maximum atomic E-state index is 12.3. The first-order valence-corrected chi connectivity index (χ1v) is 8.46. The molecule has 2 aromatic rings. The fraction of sp³-hybridized carbons (Fsp3) is 0.267. The predicted molar refractivity (Wildman–Crippen MR) is 88.6 cm³/mol. The lowest BCUT2D eigenvalue weighted by Gasteiger charge is -2.17. The molecule has 5 heteroatoms. The molecule has 1 aromatic carbocycles. The second-order valence-corrected chi connectivity index (χ2v) is 6.70. The molecule has 0 radical (unpaired) electrons. The lowest BCUT2D eigenvalue weighted by molar-refractivity contribution is 0.0935. The number of halogens is 2. The van der Waals surface area contributed by atoms with Crippen LogP contribution in [0.25, 0.3) is 0 Å². The number of nitrogens with one attached hydrogen (secondary N) is 1.